The van der Waals surface area contributed by atoms with Crippen molar-refractivity contribution in [1.82, 2.24) is 4.31 Å². The minimum absolute atomic E-state index is 0.102. The largest absolute Gasteiger partial charge is 0.377 e. The second-order valence-electron chi connectivity index (χ2n) is 6.32. The second-order valence-corrected chi connectivity index (χ2v) is 10.4. The van der Waals surface area contributed by atoms with Crippen molar-refractivity contribution in [2.45, 2.75) is 36.3 Å². The molecule has 2 heterocycles. The van der Waals surface area contributed by atoms with Crippen LogP contribution in [-0.2, 0) is 24.6 Å². The van der Waals surface area contributed by atoms with Gasteiger partial charge < -0.3 is 4.74 Å². The van der Waals surface area contributed by atoms with Crippen LogP contribution in [0.15, 0.2) is 23.1 Å². The van der Waals surface area contributed by atoms with Crippen molar-refractivity contribution >= 4 is 19.9 Å². The normalized spacial score (nSPS) is 26.4. The van der Waals surface area contributed by atoms with Gasteiger partial charge in [-0.25, -0.2) is 25.6 Å². The standard InChI is InChI=1S/C15H19F2NO5S2/c16-13-4-1-5-14(17)15(13)25(21,22)18(9-12-3-2-7-23-12)11-6-8-24(19,20)10-11/h1,4-5,11-12H,2-3,6-10H2/t11-,12-/m1/s1. The molecule has 0 aromatic heterocycles. The van der Waals surface area contributed by atoms with E-state index in [2.05, 4.69) is 0 Å². The third kappa shape index (κ3) is 3.86. The van der Waals surface area contributed by atoms with Crippen LogP contribution in [0.5, 0.6) is 0 Å². The van der Waals surface area contributed by atoms with Gasteiger partial charge in [-0.05, 0) is 31.4 Å². The van der Waals surface area contributed by atoms with Crippen LogP contribution in [0.1, 0.15) is 19.3 Å². The Morgan fingerprint density at radius 2 is 1.88 bits per heavy atom. The molecule has 0 bridgehead atoms. The van der Waals surface area contributed by atoms with E-state index < -0.39 is 48.5 Å². The number of benzene rings is 1. The number of hydrogen-bond donors (Lipinski definition) is 0. The summed E-state index contributed by atoms with van der Waals surface area (Å²) in [4.78, 5) is -1.04. The van der Waals surface area contributed by atoms with Crippen LogP contribution in [0.4, 0.5) is 8.78 Å². The first-order valence-corrected chi connectivity index (χ1v) is 11.2. The van der Waals surface area contributed by atoms with Gasteiger partial charge in [0.15, 0.2) is 14.7 Å². The minimum Gasteiger partial charge on any atom is -0.377 e. The molecule has 3 rings (SSSR count). The highest BCUT2D eigenvalue weighted by molar-refractivity contribution is 7.92. The monoisotopic (exact) mass is 395 g/mol. The van der Waals surface area contributed by atoms with Gasteiger partial charge in [0.25, 0.3) is 0 Å². The highest BCUT2D eigenvalue weighted by Crippen LogP contribution is 2.29. The highest BCUT2D eigenvalue weighted by Gasteiger charge is 2.42. The fraction of sp³-hybridized carbons (Fsp3) is 0.600. The van der Waals surface area contributed by atoms with Gasteiger partial charge in [-0.15, -0.1) is 0 Å². The molecule has 0 amide bonds. The summed E-state index contributed by atoms with van der Waals surface area (Å²) in [6.45, 7) is 0.367. The van der Waals surface area contributed by atoms with Crippen molar-refractivity contribution in [2.75, 3.05) is 24.7 Å². The lowest BCUT2D eigenvalue weighted by molar-refractivity contribution is 0.0875. The summed E-state index contributed by atoms with van der Waals surface area (Å²) in [5.74, 6) is -2.89. The molecule has 10 heteroatoms. The molecule has 0 aliphatic carbocycles. The Morgan fingerprint density at radius 1 is 1.20 bits per heavy atom. The zero-order valence-corrected chi connectivity index (χ0v) is 15.0. The average Bonchev–Trinajstić information content (AvgIpc) is 3.13. The number of sulfonamides is 1. The Hall–Kier alpha value is -1.10. The average molecular weight is 395 g/mol. The zero-order chi connectivity index (χ0) is 18.2. The lowest BCUT2D eigenvalue weighted by Crippen LogP contribution is -2.45. The number of sulfone groups is 1. The molecule has 0 spiro atoms. The molecule has 0 N–H and O–H groups in total. The molecular weight excluding hydrogens is 376 g/mol. The van der Waals surface area contributed by atoms with Gasteiger partial charge >= 0.3 is 0 Å². The molecule has 0 unspecified atom stereocenters. The molecule has 1 aromatic rings. The van der Waals surface area contributed by atoms with Gasteiger partial charge in [-0.1, -0.05) is 6.07 Å². The van der Waals surface area contributed by atoms with Crippen LogP contribution in [0.2, 0.25) is 0 Å². The fourth-order valence-electron chi connectivity index (χ4n) is 3.28. The lowest BCUT2D eigenvalue weighted by atomic mass is 10.2. The molecule has 2 aliphatic rings. The van der Waals surface area contributed by atoms with Crippen molar-refractivity contribution in [2.24, 2.45) is 0 Å². The van der Waals surface area contributed by atoms with E-state index in [1.54, 1.807) is 0 Å². The minimum atomic E-state index is -4.54. The Labute approximate surface area is 145 Å². The maximum atomic E-state index is 14.1. The van der Waals surface area contributed by atoms with Crippen LogP contribution in [0, 0.1) is 11.6 Å². The van der Waals surface area contributed by atoms with Crippen molar-refractivity contribution in [3.05, 3.63) is 29.8 Å². The summed E-state index contributed by atoms with van der Waals surface area (Å²) in [7, 11) is -7.92. The summed E-state index contributed by atoms with van der Waals surface area (Å²) >= 11 is 0. The quantitative estimate of drug-likeness (QED) is 0.751. The van der Waals surface area contributed by atoms with E-state index >= 15 is 0 Å². The maximum Gasteiger partial charge on any atom is 0.249 e. The maximum absolute atomic E-state index is 14.1. The summed E-state index contributed by atoms with van der Waals surface area (Å²) in [6.07, 6.45) is 1.07. The molecule has 2 saturated heterocycles. The molecule has 140 valence electrons. The van der Waals surface area contributed by atoms with Crippen LogP contribution < -0.4 is 0 Å². The van der Waals surface area contributed by atoms with Gasteiger partial charge in [-0.2, -0.15) is 4.31 Å². The van der Waals surface area contributed by atoms with E-state index in [1.165, 1.54) is 0 Å². The molecule has 0 saturated carbocycles. The lowest BCUT2D eigenvalue weighted by Gasteiger charge is -2.29. The Balaban J connectivity index is 2.00. The third-order valence-corrected chi connectivity index (χ3v) is 8.23. The first kappa shape index (κ1) is 18.7. The number of ether oxygens (including phenoxy) is 1. The van der Waals surface area contributed by atoms with E-state index in [4.69, 9.17) is 4.74 Å². The zero-order valence-electron chi connectivity index (χ0n) is 13.4. The van der Waals surface area contributed by atoms with Crippen LogP contribution in [0.3, 0.4) is 0 Å². The summed E-state index contributed by atoms with van der Waals surface area (Å²) in [5, 5.41) is 0. The van der Waals surface area contributed by atoms with Crippen molar-refractivity contribution in [3.63, 3.8) is 0 Å². The molecule has 2 aliphatic heterocycles. The molecule has 0 radical (unpaired) electrons. The van der Waals surface area contributed by atoms with Gasteiger partial charge in [0.2, 0.25) is 10.0 Å². The molecule has 6 nitrogen and oxygen atoms in total. The van der Waals surface area contributed by atoms with Gasteiger partial charge in [0, 0.05) is 19.2 Å². The Kier molecular flexibility index (Phi) is 5.16. The van der Waals surface area contributed by atoms with E-state index in [0.29, 0.717) is 13.0 Å². The predicted octanol–water partition coefficient (Wildman–Crippen LogP) is 1.32. The first-order valence-electron chi connectivity index (χ1n) is 7.98. The topological polar surface area (TPSA) is 80.8 Å². The van der Waals surface area contributed by atoms with Gasteiger partial charge in [0.05, 0.1) is 17.6 Å². The summed E-state index contributed by atoms with van der Waals surface area (Å²) in [5.41, 5.74) is 0. The van der Waals surface area contributed by atoms with E-state index in [-0.39, 0.29) is 24.5 Å². The van der Waals surface area contributed by atoms with Crippen molar-refractivity contribution in [1.29, 1.82) is 0 Å². The number of hydrogen-bond acceptors (Lipinski definition) is 5. The smallest absolute Gasteiger partial charge is 0.249 e. The van der Waals surface area contributed by atoms with E-state index in [0.717, 1.165) is 28.9 Å². The van der Waals surface area contributed by atoms with Crippen LogP contribution in [-0.4, -0.2) is 57.9 Å². The van der Waals surface area contributed by atoms with Crippen LogP contribution >= 0.6 is 0 Å². The first-order chi connectivity index (χ1) is 11.7. The Bertz CT molecular complexity index is 830. The molecule has 2 atom stereocenters. The number of nitrogens with zero attached hydrogens (tertiary/aromatic N) is 1. The fourth-order valence-corrected chi connectivity index (χ4v) is 6.90. The molecule has 2 fully saturated rings. The molecular formula is C15H19F2NO5S2. The SMILES string of the molecule is O=S1(=O)CC[C@@H](N(C[C@H]2CCCO2)S(=O)(=O)c2c(F)cccc2F)C1. The van der Waals surface area contributed by atoms with Crippen molar-refractivity contribution < 1.29 is 30.4 Å². The van der Waals surface area contributed by atoms with E-state index in [9.17, 15) is 25.6 Å². The second kappa shape index (κ2) is 6.90. The summed E-state index contributed by atoms with van der Waals surface area (Å²) in [6, 6.07) is 1.96. The Morgan fingerprint density at radius 3 is 2.40 bits per heavy atom. The molecule has 25 heavy (non-hydrogen) atoms. The summed E-state index contributed by atoms with van der Waals surface area (Å²) < 4.78 is 84.0. The number of halogens is 2. The molecule has 1 aromatic carbocycles. The number of rotatable bonds is 5. The predicted molar refractivity (Wildman–Crippen MR) is 86.3 cm³/mol. The van der Waals surface area contributed by atoms with E-state index in [1.807, 2.05) is 0 Å². The van der Waals surface area contributed by atoms with Crippen LogP contribution in [0.25, 0.3) is 0 Å². The highest BCUT2D eigenvalue weighted by atomic mass is 32.2. The van der Waals surface area contributed by atoms with Gasteiger partial charge in [-0.3, -0.25) is 0 Å². The van der Waals surface area contributed by atoms with Crippen molar-refractivity contribution in [3.8, 4) is 0 Å². The third-order valence-electron chi connectivity index (χ3n) is 4.51. The van der Waals surface area contributed by atoms with Gasteiger partial charge in [0.1, 0.15) is 11.6 Å².